The number of carboxylic acid groups (broad SMARTS) is 1. The number of hydrogen-bond acceptors (Lipinski definition) is 4. The molecular weight excluding hydrogens is 176 g/mol. The number of carboxylic acids is 1. The van der Waals surface area contributed by atoms with Crippen molar-refractivity contribution in [3.05, 3.63) is 12.2 Å². The van der Waals surface area contributed by atoms with Crippen molar-refractivity contribution in [1.29, 1.82) is 0 Å². The summed E-state index contributed by atoms with van der Waals surface area (Å²) in [6.07, 6.45) is 2.21. The molecule has 74 valence electrons. The quantitative estimate of drug-likeness (QED) is 0.366. The van der Waals surface area contributed by atoms with Gasteiger partial charge in [-0.1, -0.05) is 0 Å². The van der Waals surface area contributed by atoms with E-state index in [4.69, 9.17) is 9.84 Å². The van der Waals surface area contributed by atoms with Gasteiger partial charge in [0.25, 0.3) is 0 Å². The smallest absolute Gasteiger partial charge is 0.331 e. The van der Waals surface area contributed by atoms with Crippen molar-refractivity contribution in [2.45, 2.75) is 6.42 Å². The second kappa shape index (κ2) is 7.30. The van der Waals surface area contributed by atoms with Crippen LogP contribution in [0.1, 0.15) is 6.42 Å². The second-order valence-corrected chi connectivity index (χ2v) is 2.19. The summed E-state index contributed by atoms with van der Waals surface area (Å²) in [5.74, 6) is -1.83. The molecule has 0 rings (SSSR count). The summed E-state index contributed by atoms with van der Waals surface area (Å²) in [6, 6.07) is 0. The van der Waals surface area contributed by atoms with Crippen LogP contribution in [0.3, 0.4) is 0 Å². The average Bonchev–Trinajstić information content (AvgIpc) is 2.09. The Morgan fingerprint density at radius 2 is 2.00 bits per heavy atom. The molecule has 0 aromatic rings. The molecule has 5 nitrogen and oxygen atoms in total. The van der Waals surface area contributed by atoms with E-state index in [1.807, 2.05) is 0 Å². The molecule has 0 spiro atoms. The Morgan fingerprint density at radius 1 is 1.31 bits per heavy atom. The van der Waals surface area contributed by atoms with Gasteiger partial charge in [-0.2, -0.15) is 0 Å². The topological polar surface area (TPSA) is 72.8 Å². The van der Waals surface area contributed by atoms with Gasteiger partial charge in [0, 0.05) is 32.3 Å². The van der Waals surface area contributed by atoms with Crippen LogP contribution in [0.4, 0.5) is 0 Å². The highest BCUT2D eigenvalue weighted by Gasteiger charge is 1.97. The minimum absolute atomic E-state index is 0.233. The summed E-state index contributed by atoms with van der Waals surface area (Å²) in [7, 11) is 1.55. The fourth-order valence-electron chi connectivity index (χ4n) is 0.563. The van der Waals surface area contributed by atoms with Crippen molar-refractivity contribution in [1.82, 2.24) is 0 Å². The van der Waals surface area contributed by atoms with Crippen molar-refractivity contribution < 1.29 is 24.2 Å². The summed E-state index contributed by atoms with van der Waals surface area (Å²) in [5.41, 5.74) is 0. The van der Waals surface area contributed by atoms with E-state index in [1.54, 1.807) is 7.11 Å². The summed E-state index contributed by atoms with van der Waals surface area (Å²) in [5, 5.41) is 8.16. The van der Waals surface area contributed by atoms with Gasteiger partial charge in [-0.05, 0) is 0 Å². The SMILES string of the molecule is COCCCOC(=O)C=CC(=O)O. The average molecular weight is 188 g/mol. The Morgan fingerprint density at radius 3 is 2.54 bits per heavy atom. The molecule has 0 fully saturated rings. The van der Waals surface area contributed by atoms with E-state index in [2.05, 4.69) is 4.74 Å². The van der Waals surface area contributed by atoms with Crippen molar-refractivity contribution in [3.8, 4) is 0 Å². The predicted molar refractivity (Wildman–Crippen MR) is 44.2 cm³/mol. The first kappa shape index (κ1) is 11.6. The Bertz CT molecular complexity index is 197. The molecule has 0 unspecified atom stereocenters. The summed E-state index contributed by atoms with van der Waals surface area (Å²) < 4.78 is 9.34. The standard InChI is InChI=1S/C8H12O5/c1-12-5-2-6-13-8(11)4-3-7(9)10/h3-4H,2,5-6H2,1H3,(H,9,10). The van der Waals surface area contributed by atoms with E-state index in [1.165, 1.54) is 0 Å². The highest BCUT2D eigenvalue weighted by atomic mass is 16.5. The van der Waals surface area contributed by atoms with E-state index >= 15 is 0 Å². The van der Waals surface area contributed by atoms with E-state index in [0.29, 0.717) is 13.0 Å². The van der Waals surface area contributed by atoms with Gasteiger partial charge >= 0.3 is 11.9 Å². The number of aliphatic carboxylic acids is 1. The fourth-order valence-corrected chi connectivity index (χ4v) is 0.563. The van der Waals surface area contributed by atoms with E-state index in [-0.39, 0.29) is 6.61 Å². The molecule has 0 aromatic heterocycles. The second-order valence-electron chi connectivity index (χ2n) is 2.19. The molecule has 0 aliphatic rings. The number of ether oxygens (including phenoxy) is 2. The highest BCUT2D eigenvalue weighted by molar-refractivity contribution is 5.90. The maximum Gasteiger partial charge on any atom is 0.331 e. The first-order chi connectivity index (χ1) is 6.16. The lowest BCUT2D eigenvalue weighted by atomic mass is 10.5. The van der Waals surface area contributed by atoms with Gasteiger partial charge in [-0.3, -0.25) is 0 Å². The van der Waals surface area contributed by atoms with Crippen molar-refractivity contribution >= 4 is 11.9 Å². The van der Waals surface area contributed by atoms with Crippen molar-refractivity contribution in [3.63, 3.8) is 0 Å². The first-order valence-electron chi connectivity index (χ1n) is 3.73. The lowest BCUT2D eigenvalue weighted by Gasteiger charge is -1.99. The largest absolute Gasteiger partial charge is 0.478 e. The number of hydrogen-bond donors (Lipinski definition) is 1. The highest BCUT2D eigenvalue weighted by Crippen LogP contribution is 1.86. The lowest BCUT2D eigenvalue weighted by Crippen LogP contribution is -2.05. The van der Waals surface area contributed by atoms with Gasteiger partial charge < -0.3 is 14.6 Å². The predicted octanol–water partition coefficient (Wildman–Crippen LogP) is 0.207. The molecule has 5 heteroatoms. The number of rotatable bonds is 6. The maximum atomic E-state index is 10.7. The monoisotopic (exact) mass is 188 g/mol. The van der Waals surface area contributed by atoms with Crippen LogP contribution in [0, 0.1) is 0 Å². The van der Waals surface area contributed by atoms with Crippen molar-refractivity contribution in [2.24, 2.45) is 0 Å². The molecule has 0 aliphatic carbocycles. The Labute approximate surface area is 75.9 Å². The third-order valence-electron chi connectivity index (χ3n) is 1.10. The number of carbonyl (C=O) groups excluding carboxylic acids is 1. The molecule has 0 heterocycles. The fraction of sp³-hybridized carbons (Fsp3) is 0.500. The van der Waals surface area contributed by atoms with Crippen LogP contribution in [-0.4, -0.2) is 37.4 Å². The minimum Gasteiger partial charge on any atom is -0.478 e. The molecule has 0 bridgehead atoms. The van der Waals surface area contributed by atoms with Gasteiger partial charge in [-0.15, -0.1) is 0 Å². The first-order valence-corrected chi connectivity index (χ1v) is 3.73. The molecule has 13 heavy (non-hydrogen) atoms. The van der Waals surface area contributed by atoms with Crippen molar-refractivity contribution in [2.75, 3.05) is 20.3 Å². The minimum atomic E-state index is -1.17. The van der Waals surface area contributed by atoms with E-state index in [9.17, 15) is 9.59 Å². The van der Waals surface area contributed by atoms with E-state index < -0.39 is 11.9 Å². The molecule has 0 aromatic carbocycles. The van der Waals surface area contributed by atoms with Gasteiger partial charge in [0.2, 0.25) is 0 Å². The number of methoxy groups -OCH3 is 1. The third kappa shape index (κ3) is 8.55. The molecule has 1 N–H and O–H groups in total. The molecule has 0 saturated heterocycles. The Kier molecular flexibility index (Phi) is 6.53. The zero-order valence-electron chi connectivity index (χ0n) is 7.36. The Balaban J connectivity index is 3.46. The molecular formula is C8H12O5. The summed E-state index contributed by atoms with van der Waals surface area (Å²) in [4.78, 5) is 20.7. The summed E-state index contributed by atoms with van der Waals surface area (Å²) >= 11 is 0. The molecule has 0 atom stereocenters. The zero-order chi connectivity index (χ0) is 10.1. The molecule has 0 radical (unpaired) electrons. The van der Waals surface area contributed by atoms with E-state index in [0.717, 1.165) is 12.2 Å². The van der Waals surface area contributed by atoms with Crippen LogP contribution < -0.4 is 0 Å². The van der Waals surface area contributed by atoms with Gasteiger partial charge in [-0.25, -0.2) is 9.59 Å². The molecule has 0 aliphatic heterocycles. The molecule has 0 amide bonds. The van der Waals surface area contributed by atoms with Gasteiger partial charge in [0.05, 0.1) is 6.61 Å². The number of esters is 1. The lowest BCUT2D eigenvalue weighted by molar-refractivity contribution is -0.139. The molecule has 0 saturated carbocycles. The summed E-state index contributed by atoms with van der Waals surface area (Å²) in [6.45, 7) is 0.743. The maximum absolute atomic E-state index is 10.7. The number of carbonyl (C=O) groups is 2. The van der Waals surface area contributed by atoms with Crippen LogP contribution in [-0.2, 0) is 19.1 Å². The zero-order valence-corrected chi connectivity index (χ0v) is 7.36. The van der Waals surface area contributed by atoms with Gasteiger partial charge in [0.15, 0.2) is 0 Å². The normalized spacial score (nSPS) is 10.2. The van der Waals surface area contributed by atoms with Crippen LogP contribution in [0.2, 0.25) is 0 Å². The van der Waals surface area contributed by atoms with Crippen LogP contribution in [0.5, 0.6) is 0 Å². The van der Waals surface area contributed by atoms with Crippen LogP contribution in [0.25, 0.3) is 0 Å². The Hall–Kier alpha value is -1.36. The van der Waals surface area contributed by atoms with Crippen LogP contribution >= 0.6 is 0 Å². The van der Waals surface area contributed by atoms with Crippen LogP contribution in [0.15, 0.2) is 12.2 Å². The third-order valence-corrected chi connectivity index (χ3v) is 1.10. The van der Waals surface area contributed by atoms with Gasteiger partial charge in [0.1, 0.15) is 0 Å².